The second-order valence-corrected chi connectivity index (χ2v) is 3.57. The topological polar surface area (TPSA) is 40.5 Å². The van der Waals surface area contributed by atoms with Crippen LogP contribution < -0.4 is 0 Å². The number of nitrogens with zero attached hydrogens (tertiary/aromatic N) is 1. The van der Waals surface area contributed by atoms with E-state index in [1.54, 1.807) is 0 Å². The SMILES string of the molecule is O=C(C1CC1)N1CC(CO)C1. The van der Waals surface area contributed by atoms with Crippen molar-refractivity contribution in [3.05, 3.63) is 0 Å². The van der Waals surface area contributed by atoms with Gasteiger partial charge in [-0.05, 0) is 12.8 Å². The summed E-state index contributed by atoms with van der Waals surface area (Å²) in [7, 11) is 0. The number of carbonyl (C=O) groups excluding carboxylic acids is 1. The number of likely N-dealkylation sites (tertiary alicyclic amines) is 1. The maximum absolute atomic E-state index is 11.3. The van der Waals surface area contributed by atoms with Crippen LogP contribution in [-0.4, -0.2) is 35.6 Å². The van der Waals surface area contributed by atoms with Crippen LogP contribution in [0.5, 0.6) is 0 Å². The molecule has 2 aliphatic rings. The number of aliphatic hydroxyl groups is 1. The smallest absolute Gasteiger partial charge is 0.225 e. The molecule has 1 saturated carbocycles. The molecule has 1 aliphatic carbocycles. The zero-order valence-electron chi connectivity index (χ0n) is 6.49. The zero-order chi connectivity index (χ0) is 7.84. The van der Waals surface area contributed by atoms with E-state index in [1.165, 1.54) is 0 Å². The summed E-state index contributed by atoms with van der Waals surface area (Å²) in [5.41, 5.74) is 0. The summed E-state index contributed by atoms with van der Waals surface area (Å²) >= 11 is 0. The standard InChI is InChI=1S/C8H13NO2/c10-5-6-3-9(4-6)8(11)7-1-2-7/h6-7,10H,1-5H2. The molecule has 0 spiro atoms. The zero-order valence-corrected chi connectivity index (χ0v) is 6.49. The Labute approximate surface area is 66.0 Å². The van der Waals surface area contributed by atoms with Crippen LogP contribution >= 0.6 is 0 Å². The van der Waals surface area contributed by atoms with E-state index in [0.29, 0.717) is 17.7 Å². The Balaban J connectivity index is 1.76. The quantitative estimate of drug-likeness (QED) is 0.602. The molecular weight excluding hydrogens is 142 g/mol. The van der Waals surface area contributed by atoms with E-state index >= 15 is 0 Å². The Morgan fingerprint density at radius 2 is 2.09 bits per heavy atom. The molecule has 1 aliphatic heterocycles. The van der Waals surface area contributed by atoms with Gasteiger partial charge in [0.25, 0.3) is 0 Å². The van der Waals surface area contributed by atoms with E-state index in [-0.39, 0.29) is 6.61 Å². The van der Waals surface area contributed by atoms with E-state index in [1.807, 2.05) is 4.90 Å². The highest BCUT2D eigenvalue weighted by Gasteiger charge is 2.38. The van der Waals surface area contributed by atoms with Crippen LogP contribution in [-0.2, 0) is 4.79 Å². The van der Waals surface area contributed by atoms with Crippen molar-refractivity contribution in [2.75, 3.05) is 19.7 Å². The van der Waals surface area contributed by atoms with Gasteiger partial charge in [-0.2, -0.15) is 0 Å². The van der Waals surface area contributed by atoms with Crippen molar-refractivity contribution in [3.63, 3.8) is 0 Å². The maximum Gasteiger partial charge on any atom is 0.225 e. The Bertz CT molecular complexity index is 171. The minimum atomic E-state index is 0.231. The van der Waals surface area contributed by atoms with Crippen LogP contribution in [0.25, 0.3) is 0 Å². The van der Waals surface area contributed by atoms with Crippen molar-refractivity contribution >= 4 is 5.91 Å². The third-order valence-electron chi connectivity index (χ3n) is 2.45. The fraction of sp³-hybridized carbons (Fsp3) is 0.875. The molecular formula is C8H13NO2. The normalized spacial score (nSPS) is 25.0. The largest absolute Gasteiger partial charge is 0.396 e. The first-order valence-electron chi connectivity index (χ1n) is 4.21. The average Bonchev–Trinajstić information content (AvgIpc) is 2.65. The molecule has 0 unspecified atom stereocenters. The summed E-state index contributed by atoms with van der Waals surface area (Å²) in [6.45, 7) is 1.80. The van der Waals surface area contributed by atoms with E-state index in [4.69, 9.17) is 5.11 Å². The number of carbonyl (C=O) groups is 1. The minimum Gasteiger partial charge on any atom is -0.396 e. The van der Waals surface area contributed by atoms with Gasteiger partial charge in [0.2, 0.25) is 5.91 Å². The molecule has 0 bridgehead atoms. The Hall–Kier alpha value is -0.570. The fourth-order valence-electron chi connectivity index (χ4n) is 1.45. The number of amides is 1. The first-order valence-corrected chi connectivity index (χ1v) is 4.21. The molecule has 0 atom stereocenters. The molecule has 62 valence electrons. The number of hydrogen-bond donors (Lipinski definition) is 1. The summed E-state index contributed by atoms with van der Waals surface area (Å²) < 4.78 is 0. The molecule has 1 heterocycles. The predicted molar refractivity (Wildman–Crippen MR) is 39.9 cm³/mol. The Kier molecular flexibility index (Phi) is 1.60. The van der Waals surface area contributed by atoms with E-state index in [2.05, 4.69) is 0 Å². The lowest BCUT2D eigenvalue weighted by Gasteiger charge is -2.38. The van der Waals surface area contributed by atoms with Crippen LogP contribution in [0, 0.1) is 11.8 Å². The maximum atomic E-state index is 11.3. The van der Waals surface area contributed by atoms with Crippen LogP contribution in [0.3, 0.4) is 0 Å². The highest BCUT2D eigenvalue weighted by molar-refractivity contribution is 5.81. The first-order chi connectivity index (χ1) is 5.31. The number of aliphatic hydroxyl groups excluding tert-OH is 1. The van der Waals surface area contributed by atoms with E-state index in [9.17, 15) is 4.79 Å². The summed E-state index contributed by atoms with van der Waals surface area (Å²) in [5.74, 6) is 1.02. The van der Waals surface area contributed by atoms with Crippen LogP contribution in [0.4, 0.5) is 0 Å². The third kappa shape index (κ3) is 1.25. The predicted octanol–water partition coefficient (Wildman–Crippen LogP) is -0.153. The van der Waals surface area contributed by atoms with Gasteiger partial charge in [-0.15, -0.1) is 0 Å². The second kappa shape index (κ2) is 2.48. The molecule has 1 saturated heterocycles. The minimum absolute atomic E-state index is 0.231. The molecule has 0 aromatic carbocycles. The van der Waals surface area contributed by atoms with Crippen LogP contribution in [0.2, 0.25) is 0 Å². The number of hydrogen-bond acceptors (Lipinski definition) is 2. The Morgan fingerprint density at radius 3 is 2.55 bits per heavy atom. The first kappa shape index (κ1) is 7.10. The molecule has 0 aromatic heterocycles. The number of rotatable bonds is 2. The summed E-state index contributed by atoms with van der Waals surface area (Å²) in [6.07, 6.45) is 2.16. The fourth-order valence-corrected chi connectivity index (χ4v) is 1.45. The van der Waals surface area contributed by atoms with Crippen LogP contribution in [0.1, 0.15) is 12.8 Å². The monoisotopic (exact) mass is 155 g/mol. The van der Waals surface area contributed by atoms with Crippen molar-refractivity contribution in [1.29, 1.82) is 0 Å². The highest BCUT2D eigenvalue weighted by atomic mass is 16.3. The van der Waals surface area contributed by atoms with Gasteiger partial charge in [-0.3, -0.25) is 4.79 Å². The van der Waals surface area contributed by atoms with Gasteiger partial charge >= 0.3 is 0 Å². The molecule has 0 radical (unpaired) electrons. The van der Waals surface area contributed by atoms with Gasteiger partial charge in [-0.1, -0.05) is 0 Å². The van der Waals surface area contributed by atoms with E-state index in [0.717, 1.165) is 25.9 Å². The van der Waals surface area contributed by atoms with Gasteiger partial charge < -0.3 is 10.0 Å². The van der Waals surface area contributed by atoms with Crippen molar-refractivity contribution in [3.8, 4) is 0 Å². The summed E-state index contributed by atoms with van der Waals surface area (Å²) in [5, 5.41) is 8.70. The molecule has 2 fully saturated rings. The van der Waals surface area contributed by atoms with Gasteiger partial charge in [0.15, 0.2) is 0 Å². The molecule has 2 rings (SSSR count). The molecule has 1 N–H and O–H groups in total. The van der Waals surface area contributed by atoms with Crippen molar-refractivity contribution in [2.24, 2.45) is 11.8 Å². The third-order valence-corrected chi connectivity index (χ3v) is 2.45. The van der Waals surface area contributed by atoms with Gasteiger partial charge in [0.1, 0.15) is 0 Å². The second-order valence-electron chi connectivity index (χ2n) is 3.57. The molecule has 3 nitrogen and oxygen atoms in total. The molecule has 1 amide bonds. The van der Waals surface area contributed by atoms with Crippen molar-refractivity contribution in [1.82, 2.24) is 4.90 Å². The van der Waals surface area contributed by atoms with Crippen molar-refractivity contribution in [2.45, 2.75) is 12.8 Å². The lowest BCUT2D eigenvalue weighted by molar-refractivity contribution is -0.139. The molecule has 0 aromatic rings. The Morgan fingerprint density at radius 1 is 1.45 bits per heavy atom. The van der Waals surface area contributed by atoms with E-state index < -0.39 is 0 Å². The lowest BCUT2D eigenvalue weighted by atomic mass is 10.0. The summed E-state index contributed by atoms with van der Waals surface area (Å²) in [6, 6.07) is 0. The van der Waals surface area contributed by atoms with Crippen molar-refractivity contribution < 1.29 is 9.90 Å². The van der Waals surface area contributed by atoms with Gasteiger partial charge in [-0.25, -0.2) is 0 Å². The molecule has 11 heavy (non-hydrogen) atoms. The molecule has 3 heteroatoms. The van der Waals surface area contributed by atoms with Gasteiger partial charge in [0, 0.05) is 31.5 Å². The summed E-state index contributed by atoms with van der Waals surface area (Å²) in [4.78, 5) is 13.2. The lowest BCUT2D eigenvalue weighted by Crippen LogP contribution is -2.51. The highest BCUT2D eigenvalue weighted by Crippen LogP contribution is 2.33. The van der Waals surface area contributed by atoms with Crippen LogP contribution in [0.15, 0.2) is 0 Å². The average molecular weight is 155 g/mol. The van der Waals surface area contributed by atoms with Gasteiger partial charge in [0.05, 0.1) is 0 Å².